The average Bonchev–Trinajstić information content (AvgIpc) is 2.37. The van der Waals surface area contributed by atoms with Crippen LogP contribution in [-0.2, 0) is 6.42 Å². The fraction of sp³-hybridized carbons (Fsp3) is 0.750. The van der Waals surface area contributed by atoms with E-state index in [1.54, 1.807) is 11.3 Å². The number of hydrogen-bond acceptors (Lipinski definition) is 3. The van der Waals surface area contributed by atoms with E-state index >= 15 is 0 Å². The highest BCUT2D eigenvalue weighted by atomic mass is 32.1. The summed E-state index contributed by atoms with van der Waals surface area (Å²) in [6, 6.07) is 0. The molecule has 1 aromatic rings. The minimum absolute atomic E-state index is 0.526. The fourth-order valence-electron chi connectivity index (χ4n) is 0.815. The molecule has 0 aliphatic carbocycles. The third-order valence-electron chi connectivity index (χ3n) is 1.44. The van der Waals surface area contributed by atoms with Crippen LogP contribution in [0, 0.1) is 0 Å². The quantitative estimate of drug-likeness (QED) is 0.697. The first-order valence-corrected chi connectivity index (χ1v) is 4.88. The van der Waals surface area contributed by atoms with E-state index in [0.717, 1.165) is 17.8 Å². The Morgan fingerprint density at radius 1 is 1.36 bits per heavy atom. The highest BCUT2D eigenvalue weighted by Gasteiger charge is 2.05. The number of nitrogens with zero attached hydrogens (tertiary/aromatic N) is 2. The molecule has 1 heterocycles. The Labute approximate surface area is 71.7 Å². The molecule has 0 aromatic carbocycles. The predicted molar refractivity (Wildman–Crippen MR) is 48.0 cm³/mol. The van der Waals surface area contributed by atoms with Gasteiger partial charge in [0.25, 0.3) is 0 Å². The molecule has 0 radical (unpaired) electrons. The standard InChI is InChI=1S/C8H14N2S/c1-4-5-7-9-10-8(11-7)6(2)3/h6H,4-5H2,1-3H3. The van der Waals surface area contributed by atoms with E-state index in [2.05, 4.69) is 31.0 Å². The summed E-state index contributed by atoms with van der Waals surface area (Å²) in [5.41, 5.74) is 0. The predicted octanol–water partition coefficient (Wildman–Crippen LogP) is 2.61. The molecule has 0 amide bonds. The molecule has 0 saturated heterocycles. The van der Waals surface area contributed by atoms with Crippen molar-refractivity contribution in [3.8, 4) is 0 Å². The van der Waals surface area contributed by atoms with Gasteiger partial charge in [-0.3, -0.25) is 0 Å². The van der Waals surface area contributed by atoms with E-state index in [1.165, 1.54) is 5.01 Å². The molecule has 2 nitrogen and oxygen atoms in total. The highest BCUT2D eigenvalue weighted by molar-refractivity contribution is 7.11. The molecule has 0 aliphatic heterocycles. The van der Waals surface area contributed by atoms with Gasteiger partial charge in [-0.2, -0.15) is 0 Å². The van der Waals surface area contributed by atoms with Gasteiger partial charge in [0.2, 0.25) is 0 Å². The van der Waals surface area contributed by atoms with Crippen LogP contribution in [-0.4, -0.2) is 10.2 Å². The van der Waals surface area contributed by atoms with Crippen LogP contribution in [0.2, 0.25) is 0 Å². The molecule has 0 atom stereocenters. The van der Waals surface area contributed by atoms with Gasteiger partial charge in [0.1, 0.15) is 10.0 Å². The van der Waals surface area contributed by atoms with Crippen LogP contribution in [0.5, 0.6) is 0 Å². The first-order chi connectivity index (χ1) is 5.24. The van der Waals surface area contributed by atoms with Gasteiger partial charge in [0.15, 0.2) is 0 Å². The van der Waals surface area contributed by atoms with Crippen molar-refractivity contribution in [2.45, 2.75) is 39.5 Å². The lowest BCUT2D eigenvalue weighted by Crippen LogP contribution is -1.84. The summed E-state index contributed by atoms with van der Waals surface area (Å²) in [7, 11) is 0. The average molecular weight is 170 g/mol. The van der Waals surface area contributed by atoms with Crippen molar-refractivity contribution in [2.75, 3.05) is 0 Å². The summed E-state index contributed by atoms with van der Waals surface area (Å²) >= 11 is 1.74. The lowest BCUT2D eigenvalue weighted by Gasteiger charge is -1.93. The molecule has 0 saturated carbocycles. The van der Waals surface area contributed by atoms with Gasteiger partial charge in [-0.15, -0.1) is 21.5 Å². The second-order valence-corrected chi connectivity index (χ2v) is 4.03. The first kappa shape index (κ1) is 8.65. The summed E-state index contributed by atoms with van der Waals surface area (Å²) in [5, 5.41) is 10.5. The van der Waals surface area contributed by atoms with Crippen molar-refractivity contribution >= 4 is 11.3 Å². The Morgan fingerprint density at radius 3 is 2.55 bits per heavy atom. The van der Waals surface area contributed by atoms with Crippen LogP contribution < -0.4 is 0 Å². The molecule has 11 heavy (non-hydrogen) atoms. The van der Waals surface area contributed by atoms with Crippen molar-refractivity contribution in [1.29, 1.82) is 0 Å². The summed E-state index contributed by atoms with van der Waals surface area (Å²) in [6.07, 6.45) is 2.23. The zero-order chi connectivity index (χ0) is 8.27. The van der Waals surface area contributed by atoms with Crippen LogP contribution in [0.3, 0.4) is 0 Å². The number of rotatable bonds is 3. The molecular formula is C8H14N2S. The van der Waals surface area contributed by atoms with Gasteiger partial charge < -0.3 is 0 Å². The number of hydrogen-bond donors (Lipinski definition) is 0. The van der Waals surface area contributed by atoms with Crippen LogP contribution in [0.25, 0.3) is 0 Å². The molecule has 0 N–H and O–H groups in total. The Balaban J connectivity index is 2.66. The van der Waals surface area contributed by atoms with Crippen molar-refractivity contribution in [3.63, 3.8) is 0 Å². The molecule has 1 rings (SSSR count). The molecule has 0 bridgehead atoms. The summed E-state index contributed by atoms with van der Waals surface area (Å²) in [6.45, 7) is 6.46. The van der Waals surface area contributed by atoms with Gasteiger partial charge in [-0.1, -0.05) is 20.8 Å². The monoisotopic (exact) mass is 170 g/mol. The lowest BCUT2D eigenvalue weighted by molar-refractivity contribution is 0.809. The zero-order valence-corrected chi connectivity index (χ0v) is 8.11. The van der Waals surface area contributed by atoms with E-state index in [9.17, 15) is 0 Å². The Morgan fingerprint density at radius 2 is 2.09 bits per heavy atom. The van der Waals surface area contributed by atoms with E-state index in [4.69, 9.17) is 0 Å². The zero-order valence-electron chi connectivity index (χ0n) is 7.29. The maximum absolute atomic E-state index is 4.10. The molecule has 3 heteroatoms. The molecular weight excluding hydrogens is 156 g/mol. The first-order valence-electron chi connectivity index (χ1n) is 4.06. The Hall–Kier alpha value is -0.440. The number of aromatic nitrogens is 2. The maximum atomic E-state index is 4.10. The maximum Gasteiger partial charge on any atom is 0.119 e. The summed E-state index contributed by atoms with van der Waals surface area (Å²) in [4.78, 5) is 0. The van der Waals surface area contributed by atoms with Crippen molar-refractivity contribution in [3.05, 3.63) is 10.0 Å². The van der Waals surface area contributed by atoms with Gasteiger partial charge in [0.05, 0.1) is 0 Å². The summed E-state index contributed by atoms with van der Waals surface area (Å²) < 4.78 is 0. The highest BCUT2D eigenvalue weighted by Crippen LogP contribution is 2.19. The van der Waals surface area contributed by atoms with Gasteiger partial charge in [-0.25, -0.2) is 0 Å². The SMILES string of the molecule is CCCc1nnc(C(C)C)s1. The normalized spacial score (nSPS) is 10.9. The smallest absolute Gasteiger partial charge is 0.119 e. The van der Waals surface area contributed by atoms with Crippen LogP contribution in [0.1, 0.15) is 43.1 Å². The molecule has 0 fully saturated rings. The van der Waals surface area contributed by atoms with Gasteiger partial charge in [-0.05, 0) is 6.42 Å². The third kappa shape index (κ3) is 2.26. The van der Waals surface area contributed by atoms with Crippen molar-refractivity contribution in [2.24, 2.45) is 0 Å². The van der Waals surface area contributed by atoms with E-state index in [1.807, 2.05) is 0 Å². The number of aryl methyl sites for hydroxylation is 1. The van der Waals surface area contributed by atoms with E-state index < -0.39 is 0 Å². The molecule has 0 unspecified atom stereocenters. The van der Waals surface area contributed by atoms with E-state index in [-0.39, 0.29) is 0 Å². The Kier molecular flexibility index (Phi) is 3.00. The molecule has 0 spiro atoms. The molecule has 1 aromatic heterocycles. The Bertz CT molecular complexity index is 218. The fourth-order valence-corrected chi connectivity index (χ4v) is 1.76. The van der Waals surface area contributed by atoms with Crippen molar-refractivity contribution in [1.82, 2.24) is 10.2 Å². The van der Waals surface area contributed by atoms with Gasteiger partial charge in [0, 0.05) is 12.3 Å². The van der Waals surface area contributed by atoms with Crippen molar-refractivity contribution < 1.29 is 0 Å². The summed E-state index contributed by atoms with van der Waals surface area (Å²) in [5.74, 6) is 0.526. The minimum atomic E-state index is 0.526. The topological polar surface area (TPSA) is 25.8 Å². The second-order valence-electron chi connectivity index (χ2n) is 2.94. The lowest BCUT2D eigenvalue weighted by atomic mass is 10.2. The van der Waals surface area contributed by atoms with Crippen LogP contribution in [0.4, 0.5) is 0 Å². The minimum Gasteiger partial charge on any atom is -0.144 e. The van der Waals surface area contributed by atoms with Crippen LogP contribution in [0.15, 0.2) is 0 Å². The largest absolute Gasteiger partial charge is 0.144 e. The van der Waals surface area contributed by atoms with Crippen LogP contribution >= 0.6 is 11.3 Å². The second kappa shape index (κ2) is 3.81. The molecule has 62 valence electrons. The van der Waals surface area contributed by atoms with E-state index in [0.29, 0.717) is 5.92 Å². The molecule has 0 aliphatic rings. The third-order valence-corrected chi connectivity index (χ3v) is 2.72. The van der Waals surface area contributed by atoms with Gasteiger partial charge >= 0.3 is 0 Å².